The molecule has 2 aromatic rings. The number of anilines is 1. The largest absolute Gasteiger partial charge is 0.507 e. The van der Waals surface area contributed by atoms with E-state index >= 15 is 0 Å². The number of phenols is 1. The molecule has 0 fully saturated rings. The summed E-state index contributed by atoms with van der Waals surface area (Å²) in [5.41, 5.74) is 2.25. The molecule has 2 rings (SSSR count). The number of aromatic hydroxyl groups is 1. The molecule has 2 aromatic carbocycles. The monoisotopic (exact) mass is 348 g/mol. The number of rotatable bonds is 5. The number of amides is 1. The van der Waals surface area contributed by atoms with Crippen molar-refractivity contribution in [2.75, 3.05) is 11.9 Å². The molecule has 110 valence electrons. The van der Waals surface area contributed by atoms with E-state index in [4.69, 9.17) is 0 Å². The molecule has 0 saturated carbocycles. The SMILES string of the molecule is CCNCc1cccc(NC(=O)c2ccc(Br)c(O)c2)c1. The van der Waals surface area contributed by atoms with Crippen LogP contribution in [-0.4, -0.2) is 17.6 Å². The Morgan fingerprint density at radius 2 is 2.05 bits per heavy atom. The Hall–Kier alpha value is -1.85. The molecule has 0 aliphatic heterocycles. The number of carbonyl (C=O) groups excluding carboxylic acids is 1. The Labute approximate surface area is 132 Å². The first-order valence-corrected chi connectivity index (χ1v) is 7.49. The molecule has 0 saturated heterocycles. The highest BCUT2D eigenvalue weighted by Crippen LogP contribution is 2.24. The third-order valence-electron chi connectivity index (χ3n) is 2.97. The van der Waals surface area contributed by atoms with Gasteiger partial charge >= 0.3 is 0 Å². The molecule has 0 heterocycles. The molecule has 0 aliphatic rings. The minimum absolute atomic E-state index is 0.0450. The second-order valence-electron chi connectivity index (χ2n) is 4.60. The van der Waals surface area contributed by atoms with Gasteiger partial charge < -0.3 is 15.7 Å². The molecular formula is C16H17BrN2O2. The lowest BCUT2D eigenvalue weighted by Crippen LogP contribution is -2.14. The minimum atomic E-state index is -0.251. The summed E-state index contributed by atoms with van der Waals surface area (Å²) in [5.74, 6) is -0.207. The van der Waals surface area contributed by atoms with Crippen LogP contribution in [0.15, 0.2) is 46.9 Å². The molecule has 0 aliphatic carbocycles. The zero-order chi connectivity index (χ0) is 15.2. The van der Waals surface area contributed by atoms with E-state index in [2.05, 4.69) is 26.6 Å². The molecule has 5 heteroatoms. The van der Waals surface area contributed by atoms with E-state index in [-0.39, 0.29) is 11.7 Å². The van der Waals surface area contributed by atoms with Crippen molar-refractivity contribution in [3.8, 4) is 5.75 Å². The highest BCUT2D eigenvalue weighted by molar-refractivity contribution is 9.10. The minimum Gasteiger partial charge on any atom is -0.507 e. The van der Waals surface area contributed by atoms with Crippen molar-refractivity contribution in [2.24, 2.45) is 0 Å². The Kier molecular flexibility index (Phi) is 5.36. The number of nitrogens with one attached hydrogen (secondary N) is 2. The lowest BCUT2D eigenvalue weighted by atomic mass is 10.1. The van der Waals surface area contributed by atoms with Gasteiger partial charge in [-0.15, -0.1) is 0 Å². The van der Waals surface area contributed by atoms with Gasteiger partial charge in [0.25, 0.3) is 5.91 Å². The summed E-state index contributed by atoms with van der Waals surface area (Å²) >= 11 is 3.19. The van der Waals surface area contributed by atoms with Gasteiger partial charge in [-0.25, -0.2) is 0 Å². The summed E-state index contributed by atoms with van der Waals surface area (Å²) < 4.78 is 0.562. The molecule has 0 radical (unpaired) electrons. The van der Waals surface area contributed by atoms with Gasteiger partial charge in [0.15, 0.2) is 0 Å². The van der Waals surface area contributed by atoms with Gasteiger partial charge in [-0.1, -0.05) is 19.1 Å². The number of phenolic OH excluding ortho intramolecular Hbond substituents is 1. The maximum atomic E-state index is 12.1. The molecule has 0 atom stereocenters. The van der Waals surface area contributed by atoms with Gasteiger partial charge in [0, 0.05) is 17.8 Å². The highest BCUT2D eigenvalue weighted by atomic mass is 79.9. The van der Waals surface area contributed by atoms with Crippen LogP contribution >= 0.6 is 15.9 Å². The normalized spacial score (nSPS) is 10.4. The molecule has 21 heavy (non-hydrogen) atoms. The first-order chi connectivity index (χ1) is 10.1. The maximum Gasteiger partial charge on any atom is 0.255 e. The van der Waals surface area contributed by atoms with Gasteiger partial charge in [-0.05, 0) is 58.4 Å². The fraction of sp³-hybridized carbons (Fsp3) is 0.188. The third kappa shape index (κ3) is 4.31. The lowest BCUT2D eigenvalue weighted by Gasteiger charge is -2.08. The number of hydrogen-bond donors (Lipinski definition) is 3. The van der Waals surface area contributed by atoms with Crippen molar-refractivity contribution in [2.45, 2.75) is 13.5 Å². The summed E-state index contributed by atoms with van der Waals surface area (Å²) in [5, 5.41) is 15.7. The van der Waals surface area contributed by atoms with E-state index in [1.165, 1.54) is 6.07 Å². The van der Waals surface area contributed by atoms with Crippen LogP contribution in [0, 0.1) is 0 Å². The summed E-state index contributed by atoms with van der Waals surface area (Å²) in [6.45, 7) is 3.71. The van der Waals surface area contributed by atoms with E-state index < -0.39 is 0 Å². The van der Waals surface area contributed by atoms with Crippen molar-refractivity contribution in [3.63, 3.8) is 0 Å². The van der Waals surface area contributed by atoms with E-state index in [1.807, 2.05) is 31.2 Å². The van der Waals surface area contributed by atoms with Crippen molar-refractivity contribution < 1.29 is 9.90 Å². The van der Waals surface area contributed by atoms with E-state index in [9.17, 15) is 9.90 Å². The second kappa shape index (κ2) is 7.24. The standard InChI is InChI=1S/C16H17BrN2O2/c1-2-18-10-11-4-3-5-13(8-11)19-16(21)12-6-7-14(17)15(20)9-12/h3-9,18,20H,2,10H2,1H3,(H,19,21). The smallest absolute Gasteiger partial charge is 0.255 e. The molecular weight excluding hydrogens is 332 g/mol. The average molecular weight is 349 g/mol. The van der Waals surface area contributed by atoms with Crippen LogP contribution < -0.4 is 10.6 Å². The van der Waals surface area contributed by atoms with Crippen LogP contribution in [0.5, 0.6) is 5.75 Å². The summed E-state index contributed by atoms with van der Waals surface area (Å²) in [6, 6.07) is 12.4. The van der Waals surface area contributed by atoms with Crippen molar-refractivity contribution in [1.29, 1.82) is 0 Å². The summed E-state index contributed by atoms with van der Waals surface area (Å²) in [7, 11) is 0. The molecule has 4 nitrogen and oxygen atoms in total. The fourth-order valence-electron chi connectivity index (χ4n) is 1.89. The van der Waals surface area contributed by atoms with Gasteiger partial charge in [-0.3, -0.25) is 4.79 Å². The molecule has 3 N–H and O–H groups in total. The molecule has 0 unspecified atom stereocenters. The topological polar surface area (TPSA) is 61.4 Å². The summed E-state index contributed by atoms with van der Waals surface area (Å²) in [6.07, 6.45) is 0. The van der Waals surface area contributed by atoms with E-state index in [0.29, 0.717) is 10.0 Å². The Balaban J connectivity index is 2.10. The Bertz CT molecular complexity index is 644. The first kappa shape index (κ1) is 15.5. The number of halogens is 1. The van der Waals surface area contributed by atoms with Crippen LogP contribution in [0.2, 0.25) is 0 Å². The fourth-order valence-corrected chi connectivity index (χ4v) is 2.13. The van der Waals surface area contributed by atoms with Gasteiger partial charge in [0.05, 0.1) is 4.47 Å². The molecule has 1 amide bonds. The average Bonchev–Trinajstić information content (AvgIpc) is 2.48. The summed E-state index contributed by atoms with van der Waals surface area (Å²) in [4.78, 5) is 12.1. The molecule has 0 aromatic heterocycles. The zero-order valence-electron chi connectivity index (χ0n) is 11.7. The van der Waals surface area contributed by atoms with E-state index in [1.54, 1.807) is 12.1 Å². The number of benzene rings is 2. The van der Waals surface area contributed by atoms with Crippen LogP contribution in [0.3, 0.4) is 0 Å². The zero-order valence-corrected chi connectivity index (χ0v) is 13.3. The highest BCUT2D eigenvalue weighted by Gasteiger charge is 2.09. The Morgan fingerprint density at radius 1 is 1.24 bits per heavy atom. The predicted octanol–water partition coefficient (Wildman–Crippen LogP) is 3.52. The lowest BCUT2D eigenvalue weighted by molar-refractivity contribution is 0.102. The third-order valence-corrected chi connectivity index (χ3v) is 3.64. The number of hydrogen-bond acceptors (Lipinski definition) is 3. The molecule has 0 spiro atoms. The van der Waals surface area contributed by atoms with Crippen molar-refractivity contribution in [1.82, 2.24) is 5.32 Å². The van der Waals surface area contributed by atoms with Crippen LogP contribution in [-0.2, 0) is 6.54 Å². The van der Waals surface area contributed by atoms with Gasteiger partial charge in [-0.2, -0.15) is 0 Å². The first-order valence-electron chi connectivity index (χ1n) is 6.69. The van der Waals surface area contributed by atoms with E-state index in [0.717, 1.165) is 24.3 Å². The van der Waals surface area contributed by atoms with Crippen LogP contribution in [0.1, 0.15) is 22.8 Å². The van der Waals surface area contributed by atoms with Crippen LogP contribution in [0.4, 0.5) is 5.69 Å². The van der Waals surface area contributed by atoms with Gasteiger partial charge in [0.1, 0.15) is 5.75 Å². The van der Waals surface area contributed by atoms with Gasteiger partial charge in [0.2, 0.25) is 0 Å². The van der Waals surface area contributed by atoms with Crippen molar-refractivity contribution in [3.05, 3.63) is 58.1 Å². The molecule has 0 bridgehead atoms. The van der Waals surface area contributed by atoms with Crippen LogP contribution in [0.25, 0.3) is 0 Å². The maximum absolute atomic E-state index is 12.1. The Morgan fingerprint density at radius 3 is 2.76 bits per heavy atom. The number of carbonyl (C=O) groups is 1. The quantitative estimate of drug-likeness (QED) is 0.774. The second-order valence-corrected chi connectivity index (χ2v) is 5.46. The van der Waals surface area contributed by atoms with Crippen molar-refractivity contribution >= 4 is 27.5 Å². The predicted molar refractivity (Wildman–Crippen MR) is 87.6 cm³/mol.